The van der Waals surface area contributed by atoms with E-state index in [1.54, 1.807) is 12.5 Å². The van der Waals surface area contributed by atoms with Gasteiger partial charge in [0.25, 0.3) is 0 Å². The summed E-state index contributed by atoms with van der Waals surface area (Å²) >= 11 is 0. The van der Waals surface area contributed by atoms with Crippen molar-refractivity contribution < 1.29 is 48.5 Å². The zero-order valence-electron chi connectivity index (χ0n) is 6.43. The van der Waals surface area contributed by atoms with Gasteiger partial charge in [-0.05, 0) is 12.1 Å². The van der Waals surface area contributed by atoms with Crippen molar-refractivity contribution in [2.75, 3.05) is 0 Å². The van der Waals surface area contributed by atoms with Gasteiger partial charge in [0.1, 0.15) is 0 Å². The van der Waals surface area contributed by atoms with Crippen LogP contribution in [0.2, 0.25) is 0 Å². The Morgan fingerprint density at radius 2 is 1.00 bits per heavy atom. The van der Waals surface area contributed by atoms with Crippen LogP contribution >= 0.6 is 7.81 Å². The molecule has 0 fully saturated rings. The third-order valence-corrected chi connectivity index (χ3v) is 0.425. The molecule has 1 nitrogen and oxygen atoms in total. The minimum absolute atomic E-state index is 0. The first-order valence-electron chi connectivity index (χ1n) is 2.49. The average Bonchev–Trinajstić information content (AvgIpc) is 2.00. The Bertz CT molecular complexity index is 196. The zero-order valence-corrected chi connectivity index (χ0v) is 7.33. The maximum absolute atomic E-state index is 10.7. The second-order valence-corrected chi connectivity index (χ2v) is 3.67. The Kier molecular flexibility index (Phi) is 4.21. The predicted molar refractivity (Wildman–Crippen MR) is 32.3 cm³/mol. The second-order valence-electron chi connectivity index (χ2n) is 1.75. The molecule has 74 valence electrons. The molecular formula is C4H4F6LiOP. The third kappa shape index (κ3) is 48.7. The molecule has 0 saturated heterocycles. The molecule has 0 amide bonds. The molecule has 1 rings (SSSR count). The van der Waals surface area contributed by atoms with Crippen LogP contribution in [0, 0.1) is 0 Å². The average molecular weight is 220 g/mol. The quantitative estimate of drug-likeness (QED) is 0.368. The molecule has 1 aromatic heterocycles. The monoisotopic (exact) mass is 220 g/mol. The van der Waals surface area contributed by atoms with Gasteiger partial charge in [-0.2, -0.15) is 0 Å². The number of rotatable bonds is 0. The normalized spacial score (nSPS) is 15.5. The molecule has 9 heteroatoms. The van der Waals surface area contributed by atoms with Crippen molar-refractivity contribution in [3.63, 3.8) is 0 Å². The van der Waals surface area contributed by atoms with Crippen LogP contribution in [0.15, 0.2) is 29.1 Å². The van der Waals surface area contributed by atoms with Crippen molar-refractivity contribution in [3.8, 4) is 0 Å². The predicted octanol–water partition coefficient (Wildman–Crippen LogP) is 1.67. The topological polar surface area (TPSA) is 13.1 Å². The summed E-state index contributed by atoms with van der Waals surface area (Å²) in [7, 11) is -10.7. The van der Waals surface area contributed by atoms with E-state index in [1.165, 1.54) is 0 Å². The van der Waals surface area contributed by atoms with Crippen LogP contribution in [0.4, 0.5) is 25.2 Å². The molecule has 0 N–H and O–H groups in total. The van der Waals surface area contributed by atoms with Gasteiger partial charge in [0.15, 0.2) is 0 Å². The first-order valence-corrected chi connectivity index (χ1v) is 4.51. The Labute approximate surface area is 81.5 Å². The summed E-state index contributed by atoms with van der Waals surface area (Å²) in [6.07, 6.45) is 3.25. The maximum atomic E-state index is 9.87. The Morgan fingerprint density at radius 3 is 1.08 bits per heavy atom. The summed E-state index contributed by atoms with van der Waals surface area (Å²) in [6.45, 7) is 0. The van der Waals surface area contributed by atoms with Gasteiger partial charge >= 0.3 is 51.9 Å². The van der Waals surface area contributed by atoms with Gasteiger partial charge in [0.2, 0.25) is 0 Å². The Morgan fingerprint density at radius 1 is 0.769 bits per heavy atom. The van der Waals surface area contributed by atoms with Gasteiger partial charge in [-0.15, -0.1) is 0 Å². The molecule has 13 heavy (non-hydrogen) atoms. The fraction of sp³-hybridized carbons (Fsp3) is 0. The van der Waals surface area contributed by atoms with Crippen LogP contribution < -0.4 is 18.9 Å². The first-order chi connectivity index (χ1) is 4.95. The summed E-state index contributed by atoms with van der Waals surface area (Å²) < 4.78 is 63.8. The van der Waals surface area contributed by atoms with Gasteiger partial charge in [-0.25, -0.2) is 0 Å². The van der Waals surface area contributed by atoms with Gasteiger partial charge in [0.05, 0.1) is 12.5 Å². The molecule has 0 spiro atoms. The summed E-state index contributed by atoms with van der Waals surface area (Å²) in [5.41, 5.74) is 0. The first kappa shape index (κ1) is 15.4. The second kappa shape index (κ2) is 3.56. The van der Waals surface area contributed by atoms with E-state index < -0.39 is 7.81 Å². The van der Waals surface area contributed by atoms with Crippen LogP contribution in [-0.4, -0.2) is 0 Å². The van der Waals surface area contributed by atoms with Crippen LogP contribution in [0.5, 0.6) is 0 Å². The molecule has 0 radical (unpaired) electrons. The minimum atomic E-state index is -10.7. The van der Waals surface area contributed by atoms with Crippen molar-refractivity contribution in [2.45, 2.75) is 0 Å². The molecule has 0 unspecified atom stereocenters. The molecule has 0 aliphatic rings. The molecule has 0 saturated carbocycles. The third-order valence-electron chi connectivity index (χ3n) is 0.425. The van der Waals surface area contributed by atoms with Crippen molar-refractivity contribution >= 4 is 7.81 Å². The van der Waals surface area contributed by atoms with Crippen molar-refractivity contribution in [1.29, 1.82) is 0 Å². The largest absolute Gasteiger partial charge is 1.00 e. The number of hydrogen-bond acceptors (Lipinski definition) is 1. The van der Waals surface area contributed by atoms with E-state index in [-0.39, 0.29) is 18.9 Å². The molecule has 0 aliphatic carbocycles. The Balaban J connectivity index is 0. The molecule has 0 aromatic carbocycles. The van der Waals surface area contributed by atoms with E-state index in [2.05, 4.69) is 4.42 Å². The van der Waals surface area contributed by atoms with E-state index >= 15 is 0 Å². The van der Waals surface area contributed by atoms with E-state index in [9.17, 15) is 25.2 Å². The smallest absolute Gasteiger partial charge is 0.473 e. The number of furan rings is 1. The molecular weight excluding hydrogens is 216 g/mol. The van der Waals surface area contributed by atoms with Crippen molar-refractivity contribution in [3.05, 3.63) is 24.7 Å². The minimum Gasteiger partial charge on any atom is -0.473 e. The van der Waals surface area contributed by atoms with E-state index in [1.807, 2.05) is 12.1 Å². The van der Waals surface area contributed by atoms with Gasteiger partial charge in [-0.1, -0.05) is 0 Å². The summed E-state index contributed by atoms with van der Waals surface area (Å²) in [6, 6.07) is 3.67. The van der Waals surface area contributed by atoms with Crippen LogP contribution in [0.25, 0.3) is 0 Å². The standard InChI is InChI=1S/C4H4O.F6P.Li/c1-2-4-5-3-1;1-7(2,3,4,5)6;/h1-4H;;/q;-1;+1. The summed E-state index contributed by atoms with van der Waals surface area (Å²) in [4.78, 5) is 0. The molecule has 0 bridgehead atoms. The summed E-state index contributed by atoms with van der Waals surface area (Å²) in [5, 5.41) is 0. The van der Waals surface area contributed by atoms with Gasteiger partial charge in [-0.3, -0.25) is 0 Å². The molecule has 0 aliphatic heterocycles. The number of hydrogen-bond donors (Lipinski definition) is 0. The Hall–Kier alpha value is -0.113. The van der Waals surface area contributed by atoms with Crippen LogP contribution in [0.1, 0.15) is 0 Å². The fourth-order valence-electron chi connectivity index (χ4n) is 0.227. The van der Waals surface area contributed by atoms with Crippen molar-refractivity contribution in [1.82, 2.24) is 0 Å². The van der Waals surface area contributed by atoms with E-state index in [0.717, 1.165) is 0 Å². The molecule has 1 heterocycles. The van der Waals surface area contributed by atoms with E-state index in [4.69, 9.17) is 0 Å². The van der Waals surface area contributed by atoms with E-state index in [0.29, 0.717) is 0 Å². The van der Waals surface area contributed by atoms with Gasteiger partial charge in [0, 0.05) is 0 Å². The fourth-order valence-corrected chi connectivity index (χ4v) is 0.227. The molecule has 0 atom stereocenters. The van der Waals surface area contributed by atoms with Crippen molar-refractivity contribution in [2.24, 2.45) is 0 Å². The summed E-state index contributed by atoms with van der Waals surface area (Å²) in [5.74, 6) is 0. The number of halogens is 6. The molecule has 1 aromatic rings. The zero-order chi connectivity index (χ0) is 9.94. The SMILES string of the molecule is F[P-](F)(F)(F)(F)F.[Li+].c1ccoc1. The van der Waals surface area contributed by atoms with Gasteiger partial charge < -0.3 is 4.42 Å². The van der Waals surface area contributed by atoms with Crippen LogP contribution in [0.3, 0.4) is 0 Å². The van der Waals surface area contributed by atoms with Crippen LogP contribution in [-0.2, 0) is 0 Å². The maximum Gasteiger partial charge on any atom is 1.00 e.